The second-order valence-electron chi connectivity index (χ2n) is 5.25. The molecule has 2 unspecified atom stereocenters. The Balaban J connectivity index is 0.00000242. The first-order valence-corrected chi connectivity index (χ1v) is 7.01. The standard InChI is InChI=1S/C15H21N3O3.ClH/c1-17-15(20)12-8-11(21-2)5-6-13(12)18-14(19)9-3-4-10(16)7-9;/h5-6,8-10H,3-4,7,16H2,1-2H3,(H,17,20)(H,18,19);1H. The number of halogens is 1. The monoisotopic (exact) mass is 327 g/mol. The van der Waals surface area contributed by atoms with Gasteiger partial charge in [0.2, 0.25) is 5.91 Å². The van der Waals surface area contributed by atoms with Crippen molar-refractivity contribution in [3.63, 3.8) is 0 Å². The Bertz CT molecular complexity index is 551. The molecule has 0 saturated heterocycles. The van der Waals surface area contributed by atoms with Gasteiger partial charge in [-0.2, -0.15) is 0 Å². The largest absolute Gasteiger partial charge is 0.497 e. The SMILES string of the molecule is CNC(=O)c1cc(OC)ccc1NC(=O)C1CCC(N)C1.Cl. The molecule has 0 aliphatic heterocycles. The van der Waals surface area contributed by atoms with Crippen LogP contribution in [0.2, 0.25) is 0 Å². The van der Waals surface area contributed by atoms with E-state index in [-0.39, 0.29) is 36.2 Å². The summed E-state index contributed by atoms with van der Waals surface area (Å²) >= 11 is 0. The fourth-order valence-electron chi connectivity index (χ4n) is 2.57. The number of anilines is 1. The number of hydrogen-bond donors (Lipinski definition) is 3. The van der Waals surface area contributed by atoms with E-state index >= 15 is 0 Å². The Kier molecular flexibility index (Phi) is 6.64. The number of nitrogens with one attached hydrogen (secondary N) is 2. The Labute approximate surface area is 136 Å². The Morgan fingerprint density at radius 1 is 1.32 bits per heavy atom. The number of carbonyl (C=O) groups is 2. The minimum Gasteiger partial charge on any atom is -0.497 e. The predicted octanol–water partition coefficient (Wildman–Crippen LogP) is 1.54. The molecule has 4 N–H and O–H groups in total. The summed E-state index contributed by atoms with van der Waals surface area (Å²) in [6.07, 6.45) is 2.35. The highest BCUT2D eigenvalue weighted by molar-refractivity contribution is 6.04. The summed E-state index contributed by atoms with van der Waals surface area (Å²) in [5.41, 5.74) is 6.70. The van der Waals surface area contributed by atoms with E-state index in [0.717, 1.165) is 12.8 Å². The second-order valence-corrected chi connectivity index (χ2v) is 5.25. The maximum Gasteiger partial charge on any atom is 0.253 e. The van der Waals surface area contributed by atoms with Gasteiger partial charge < -0.3 is 21.1 Å². The highest BCUT2D eigenvalue weighted by atomic mass is 35.5. The van der Waals surface area contributed by atoms with E-state index in [1.807, 2.05) is 0 Å². The van der Waals surface area contributed by atoms with Crippen LogP contribution in [0.1, 0.15) is 29.6 Å². The van der Waals surface area contributed by atoms with Gasteiger partial charge in [0, 0.05) is 19.0 Å². The molecule has 2 rings (SSSR count). The molecule has 1 aliphatic carbocycles. The van der Waals surface area contributed by atoms with Crippen molar-refractivity contribution in [2.45, 2.75) is 25.3 Å². The molecule has 1 fully saturated rings. The van der Waals surface area contributed by atoms with E-state index in [9.17, 15) is 9.59 Å². The average molecular weight is 328 g/mol. The number of amides is 2. The van der Waals surface area contributed by atoms with Gasteiger partial charge in [-0.25, -0.2) is 0 Å². The zero-order valence-electron chi connectivity index (χ0n) is 12.7. The van der Waals surface area contributed by atoms with Crippen LogP contribution in [0, 0.1) is 5.92 Å². The van der Waals surface area contributed by atoms with Crippen LogP contribution in [0.15, 0.2) is 18.2 Å². The van der Waals surface area contributed by atoms with Crippen LogP contribution in [0.4, 0.5) is 5.69 Å². The lowest BCUT2D eigenvalue weighted by molar-refractivity contribution is -0.119. The molecule has 0 spiro atoms. The van der Waals surface area contributed by atoms with Gasteiger partial charge in [0.1, 0.15) is 5.75 Å². The number of methoxy groups -OCH3 is 1. The van der Waals surface area contributed by atoms with Crippen molar-refractivity contribution in [2.75, 3.05) is 19.5 Å². The average Bonchev–Trinajstić information content (AvgIpc) is 2.93. The molecule has 6 nitrogen and oxygen atoms in total. The molecule has 22 heavy (non-hydrogen) atoms. The van der Waals surface area contributed by atoms with Crippen LogP contribution in [0.5, 0.6) is 5.75 Å². The summed E-state index contributed by atoms with van der Waals surface area (Å²) in [7, 11) is 3.07. The fraction of sp³-hybridized carbons (Fsp3) is 0.467. The zero-order valence-corrected chi connectivity index (χ0v) is 13.5. The number of nitrogens with two attached hydrogens (primary N) is 1. The van der Waals surface area contributed by atoms with Gasteiger partial charge in [-0.3, -0.25) is 9.59 Å². The van der Waals surface area contributed by atoms with Gasteiger partial charge in [0.15, 0.2) is 0 Å². The van der Waals surface area contributed by atoms with Crippen molar-refractivity contribution < 1.29 is 14.3 Å². The summed E-state index contributed by atoms with van der Waals surface area (Å²) in [6.45, 7) is 0. The van der Waals surface area contributed by atoms with Gasteiger partial charge in [-0.05, 0) is 37.5 Å². The molecule has 1 aromatic rings. The molecule has 1 aromatic carbocycles. The van der Waals surface area contributed by atoms with Gasteiger partial charge in [-0.15, -0.1) is 12.4 Å². The topological polar surface area (TPSA) is 93.5 Å². The lowest BCUT2D eigenvalue weighted by Gasteiger charge is -2.14. The van der Waals surface area contributed by atoms with Crippen molar-refractivity contribution >= 4 is 29.9 Å². The fourth-order valence-corrected chi connectivity index (χ4v) is 2.57. The third-order valence-corrected chi connectivity index (χ3v) is 3.80. The van der Waals surface area contributed by atoms with E-state index in [4.69, 9.17) is 10.5 Å². The molecule has 2 amide bonds. The third kappa shape index (κ3) is 4.11. The Morgan fingerprint density at radius 2 is 2.05 bits per heavy atom. The summed E-state index contributed by atoms with van der Waals surface area (Å²) < 4.78 is 5.11. The van der Waals surface area contributed by atoms with Crippen LogP contribution in [0.3, 0.4) is 0 Å². The van der Waals surface area contributed by atoms with Crippen molar-refractivity contribution in [2.24, 2.45) is 11.7 Å². The normalized spacial score (nSPS) is 20.0. The van der Waals surface area contributed by atoms with E-state index in [0.29, 0.717) is 23.4 Å². The lowest BCUT2D eigenvalue weighted by Crippen LogP contribution is -2.25. The third-order valence-electron chi connectivity index (χ3n) is 3.80. The van der Waals surface area contributed by atoms with Gasteiger partial charge >= 0.3 is 0 Å². The van der Waals surface area contributed by atoms with Crippen LogP contribution in [-0.4, -0.2) is 32.0 Å². The molecular weight excluding hydrogens is 306 g/mol. The van der Waals surface area contributed by atoms with Crippen LogP contribution < -0.4 is 21.1 Å². The van der Waals surface area contributed by atoms with E-state index in [1.54, 1.807) is 25.2 Å². The Morgan fingerprint density at radius 3 is 2.59 bits per heavy atom. The summed E-state index contributed by atoms with van der Waals surface area (Å²) in [6, 6.07) is 5.09. The number of rotatable bonds is 4. The van der Waals surface area contributed by atoms with Gasteiger partial charge in [0.05, 0.1) is 18.4 Å². The minimum absolute atomic E-state index is 0. The maximum absolute atomic E-state index is 12.2. The highest BCUT2D eigenvalue weighted by Crippen LogP contribution is 2.27. The molecule has 2 atom stereocenters. The first kappa shape index (κ1) is 18.3. The summed E-state index contributed by atoms with van der Waals surface area (Å²) in [5, 5.41) is 5.39. The summed E-state index contributed by atoms with van der Waals surface area (Å²) in [4.78, 5) is 24.2. The summed E-state index contributed by atoms with van der Waals surface area (Å²) in [5.74, 6) is 0.125. The molecule has 0 radical (unpaired) electrons. The van der Waals surface area contributed by atoms with E-state index in [2.05, 4.69) is 10.6 Å². The first-order chi connectivity index (χ1) is 10.0. The van der Waals surface area contributed by atoms with Crippen molar-refractivity contribution in [1.29, 1.82) is 0 Å². The molecule has 0 aromatic heterocycles. The predicted molar refractivity (Wildman–Crippen MR) is 87.6 cm³/mol. The molecular formula is C15H22ClN3O3. The molecule has 1 aliphatic rings. The van der Waals surface area contributed by atoms with E-state index < -0.39 is 0 Å². The lowest BCUT2D eigenvalue weighted by atomic mass is 10.1. The van der Waals surface area contributed by atoms with Crippen molar-refractivity contribution in [3.8, 4) is 5.75 Å². The smallest absolute Gasteiger partial charge is 0.253 e. The van der Waals surface area contributed by atoms with Gasteiger partial charge in [0.25, 0.3) is 5.91 Å². The quantitative estimate of drug-likeness (QED) is 0.782. The minimum atomic E-state index is -0.271. The zero-order chi connectivity index (χ0) is 15.4. The maximum atomic E-state index is 12.2. The van der Waals surface area contributed by atoms with Crippen LogP contribution in [0.25, 0.3) is 0 Å². The van der Waals surface area contributed by atoms with Crippen molar-refractivity contribution in [1.82, 2.24) is 5.32 Å². The number of hydrogen-bond acceptors (Lipinski definition) is 4. The van der Waals surface area contributed by atoms with Crippen LogP contribution >= 0.6 is 12.4 Å². The second kappa shape index (κ2) is 8.00. The molecule has 1 saturated carbocycles. The molecule has 0 bridgehead atoms. The highest BCUT2D eigenvalue weighted by Gasteiger charge is 2.28. The molecule has 7 heteroatoms. The first-order valence-electron chi connectivity index (χ1n) is 7.01. The number of benzene rings is 1. The number of carbonyl (C=O) groups excluding carboxylic acids is 2. The molecule has 122 valence electrons. The van der Waals surface area contributed by atoms with Crippen LogP contribution in [-0.2, 0) is 4.79 Å². The van der Waals surface area contributed by atoms with Gasteiger partial charge in [-0.1, -0.05) is 0 Å². The van der Waals surface area contributed by atoms with Crippen molar-refractivity contribution in [3.05, 3.63) is 23.8 Å². The number of ether oxygens (including phenoxy) is 1. The molecule has 0 heterocycles. The Hall–Kier alpha value is -1.79. The van der Waals surface area contributed by atoms with E-state index in [1.165, 1.54) is 7.11 Å².